The van der Waals surface area contributed by atoms with Gasteiger partial charge in [-0.25, -0.2) is 4.98 Å². The molecule has 0 aromatic carbocycles. The summed E-state index contributed by atoms with van der Waals surface area (Å²) in [5.74, 6) is 0.727. The molecule has 5 nitrogen and oxygen atoms in total. The Labute approximate surface area is 114 Å². The summed E-state index contributed by atoms with van der Waals surface area (Å²) in [7, 11) is 0. The normalized spacial score (nSPS) is 16.4. The van der Waals surface area contributed by atoms with Gasteiger partial charge in [-0.05, 0) is 31.4 Å². The topological polar surface area (TPSA) is 71.2 Å². The average Bonchev–Trinajstić information content (AvgIpc) is 2.94. The van der Waals surface area contributed by atoms with Crippen molar-refractivity contribution in [3.63, 3.8) is 0 Å². The average molecular weight is 262 g/mol. The smallest absolute Gasteiger partial charge is 0.228 e. The van der Waals surface area contributed by atoms with Crippen molar-refractivity contribution in [1.29, 1.82) is 0 Å². The van der Waals surface area contributed by atoms with E-state index < -0.39 is 0 Å². The number of nitrogens with one attached hydrogen (secondary N) is 1. The van der Waals surface area contributed by atoms with E-state index in [-0.39, 0.29) is 11.8 Å². The Morgan fingerprint density at radius 2 is 2.26 bits per heavy atom. The van der Waals surface area contributed by atoms with Crippen LogP contribution in [-0.2, 0) is 4.79 Å². The maximum atomic E-state index is 12.1. The zero-order chi connectivity index (χ0) is 13.7. The minimum Gasteiger partial charge on any atom is -0.355 e. The van der Waals surface area contributed by atoms with Crippen molar-refractivity contribution >= 4 is 17.4 Å². The van der Waals surface area contributed by atoms with Crippen molar-refractivity contribution < 1.29 is 4.79 Å². The molecule has 0 saturated carbocycles. The SMILES string of the molecule is CCC(CN)C(=O)Nc1cccnc1N1CCCC1. The molecule has 2 heterocycles. The maximum absolute atomic E-state index is 12.1. The lowest BCUT2D eigenvalue weighted by Gasteiger charge is -2.21. The number of hydrogen-bond acceptors (Lipinski definition) is 4. The van der Waals surface area contributed by atoms with Gasteiger partial charge < -0.3 is 16.0 Å². The molecular formula is C14H22N4O. The second-order valence-electron chi connectivity index (χ2n) is 4.90. The number of rotatable bonds is 5. The molecule has 5 heteroatoms. The predicted octanol–water partition coefficient (Wildman–Crippen LogP) is 1.61. The Morgan fingerprint density at radius 3 is 2.89 bits per heavy atom. The summed E-state index contributed by atoms with van der Waals surface area (Å²) in [5.41, 5.74) is 6.40. The molecule has 104 valence electrons. The van der Waals surface area contributed by atoms with Crippen LogP contribution in [0.25, 0.3) is 0 Å². The minimum absolute atomic E-state index is 0.0153. The number of anilines is 2. The first kappa shape index (κ1) is 13.8. The Balaban J connectivity index is 2.13. The van der Waals surface area contributed by atoms with E-state index in [9.17, 15) is 4.79 Å². The van der Waals surface area contributed by atoms with E-state index in [1.54, 1.807) is 6.20 Å². The minimum atomic E-state index is -0.133. The van der Waals surface area contributed by atoms with Crippen molar-refractivity contribution in [1.82, 2.24) is 4.98 Å². The third-order valence-electron chi connectivity index (χ3n) is 3.60. The Hall–Kier alpha value is -1.62. The van der Waals surface area contributed by atoms with Gasteiger partial charge in [0.1, 0.15) is 0 Å². The van der Waals surface area contributed by atoms with Gasteiger partial charge in [-0.1, -0.05) is 6.92 Å². The fourth-order valence-electron chi connectivity index (χ4n) is 2.37. The van der Waals surface area contributed by atoms with Gasteiger partial charge in [-0.2, -0.15) is 0 Å². The van der Waals surface area contributed by atoms with E-state index in [2.05, 4.69) is 15.2 Å². The van der Waals surface area contributed by atoms with Crippen molar-refractivity contribution in [2.24, 2.45) is 11.7 Å². The molecule has 1 unspecified atom stereocenters. The number of amides is 1. The predicted molar refractivity (Wildman–Crippen MR) is 77.1 cm³/mol. The zero-order valence-corrected chi connectivity index (χ0v) is 11.4. The molecule has 0 radical (unpaired) electrons. The van der Waals surface area contributed by atoms with Crippen LogP contribution in [0.3, 0.4) is 0 Å². The second kappa shape index (κ2) is 6.52. The highest BCUT2D eigenvalue weighted by Crippen LogP contribution is 2.26. The van der Waals surface area contributed by atoms with Crippen LogP contribution in [0.1, 0.15) is 26.2 Å². The third-order valence-corrected chi connectivity index (χ3v) is 3.60. The van der Waals surface area contributed by atoms with Gasteiger partial charge in [-0.15, -0.1) is 0 Å². The molecule has 1 aromatic heterocycles. The molecule has 1 aromatic rings. The van der Waals surface area contributed by atoms with Crippen LogP contribution in [0, 0.1) is 5.92 Å². The van der Waals surface area contributed by atoms with Crippen LogP contribution in [0.4, 0.5) is 11.5 Å². The number of carbonyl (C=O) groups excluding carboxylic acids is 1. The number of hydrogen-bond donors (Lipinski definition) is 2. The molecule has 0 spiro atoms. The summed E-state index contributed by atoms with van der Waals surface area (Å²) in [6.45, 7) is 4.37. The number of nitrogens with zero attached hydrogens (tertiary/aromatic N) is 2. The van der Waals surface area contributed by atoms with Gasteiger partial charge in [0.15, 0.2) is 5.82 Å². The summed E-state index contributed by atoms with van der Waals surface area (Å²) < 4.78 is 0. The molecule has 1 amide bonds. The molecule has 0 aliphatic carbocycles. The molecule has 1 aliphatic heterocycles. The molecule has 1 atom stereocenters. The van der Waals surface area contributed by atoms with Gasteiger partial charge in [0.2, 0.25) is 5.91 Å². The lowest BCUT2D eigenvalue weighted by molar-refractivity contribution is -0.119. The number of carbonyl (C=O) groups is 1. The van der Waals surface area contributed by atoms with Crippen molar-refractivity contribution in [2.45, 2.75) is 26.2 Å². The highest BCUT2D eigenvalue weighted by molar-refractivity contribution is 5.95. The molecule has 2 rings (SSSR count). The van der Waals surface area contributed by atoms with E-state index in [4.69, 9.17) is 5.73 Å². The summed E-state index contributed by atoms with van der Waals surface area (Å²) in [6.07, 6.45) is 4.89. The highest BCUT2D eigenvalue weighted by Gasteiger charge is 2.20. The maximum Gasteiger partial charge on any atom is 0.228 e. The van der Waals surface area contributed by atoms with Gasteiger partial charge in [0.05, 0.1) is 11.6 Å². The van der Waals surface area contributed by atoms with Crippen LogP contribution in [0.2, 0.25) is 0 Å². The quantitative estimate of drug-likeness (QED) is 0.845. The van der Waals surface area contributed by atoms with E-state index in [1.165, 1.54) is 12.8 Å². The largest absolute Gasteiger partial charge is 0.355 e. The van der Waals surface area contributed by atoms with Crippen LogP contribution < -0.4 is 16.0 Å². The van der Waals surface area contributed by atoms with Crippen molar-refractivity contribution in [3.8, 4) is 0 Å². The van der Waals surface area contributed by atoms with Crippen LogP contribution in [-0.4, -0.2) is 30.5 Å². The van der Waals surface area contributed by atoms with Gasteiger partial charge >= 0.3 is 0 Å². The van der Waals surface area contributed by atoms with Crippen molar-refractivity contribution in [2.75, 3.05) is 29.9 Å². The number of aromatic nitrogens is 1. The van der Waals surface area contributed by atoms with Crippen molar-refractivity contribution in [3.05, 3.63) is 18.3 Å². The van der Waals surface area contributed by atoms with Gasteiger partial charge in [0.25, 0.3) is 0 Å². The first-order valence-corrected chi connectivity index (χ1v) is 6.97. The lowest BCUT2D eigenvalue weighted by atomic mass is 10.1. The van der Waals surface area contributed by atoms with Crippen LogP contribution in [0.15, 0.2) is 18.3 Å². The molecule has 1 fully saturated rings. The Morgan fingerprint density at radius 1 is 1.53 bits per heavy atom. The molecule has 1 saturated heterocycles. The molecule has 0 bridgehead atoms. The van der Waals surface area contributed by atoms with E-state index in [0.717, 1.165) is 31.0 Å². The summed E-state index contributed by atoms with van der Waals surface area (Å²) in [6, 6.07) is 3.75. The number of pyridine rings is 1. The van der Waals surface area contributed by atoms with Gasteiger partial charge in [-0.3, -0.25) is 4.79 Å². The second-order valence-corrected chi connectivity index (χ2v) is 4.90. The number of nitrogens with two attached hydrogens (primary N) is 1. The highest BCUT2D eigenvalue weighted by atomic mass is 16.1. The van der Waals surface area contributed by atoms with Crippen LogP contribution in [0.5, 0.6) is 0 Å². The first-order valence-electron chi connectivity index (χ1n) is 6.97. The molecular weight excluding hydrogens is 240 g/mol. The summed E-state index contributed by atoms with van der Waals surface area (Å²) in [4.78, 5) is 18.7. The Bertz CT molecular complexity index is 425. The van der Waals surface area contributed by atoms with Gasteiger partial charge in [0, 0.05) is 25.8 Å². The standard InChI is InChI=1S/C14H22N4O/c1-2-11(10-15)14(19)17-12-6-5-7-16-13(12)18-8-3-4-9-18/h5-7,11H,2-4,8-10,15H2,1H3,(H,17,19). The van der Waals surface area contributed by atoms with E-state index >= 15 is 0 Å². The lowest BCUT2D eigenvalue weighted by Crippen LogP contribution is -2.30. The molecule has 19 heavy (non-hydrogen) atoms. The van der Waals surface area contributed by atoms with E-state index in [1.807, 2.05) is 19.1 Å². The molecule has 3 N–H and O–H groups in total. The van der Waals surface area contributed by atoms with E-state index in [0.29, 0.717) is 6.54 Å². The first-order chi connectivity index (χ1) is 9.26. The fourth-order valence-corrected chi connectivity index (χ4v) is 2.37. The fraction of sp³-hybridized carbons (Fsp3) is 0.571. The van der Waals surface area contributed by atoms with Crippen LogP contribution >= 0.6 is 0 Å². The summed E-state index contributed by atoms with van der Waals surface area (Å²) in [5, 5.41) is 2.97. The Kier molecular flexibility index (Phi) is 4.74. The third kappa shape index (κ3) is 3.23. The summed E-state index contributed by atoms with van der Waals surface area (Å²) >= 11 is 0. The molecule has 1 aliphatic rings. The zero-order valence-electron chi connectivity index (χ0n) is 11.4. The monoisotopic (exact) mass is 262 g/mol.